The van der Waals surface area contributed by atoms with Gasteiger partial charge in [-0.2, -0.15) is 18.4 Å². The van der Waals surface area contributed by atoms with Crippen molar-refractivity contribution in [3.05, 3.63) is 195 Å². The van der Waals surface area contributed by atoms with E-state index in [9.17, 15) is 47.2 Å². The number of nitriles is 1. The predicted octanol–water partition coefficient (Wildman–Crippen LogP) is 9.63. The molecule has 3 aliphatic rings. The molecule has 0 spiro atoms. The van der Waals surface area contributed by atoms with Crippen molar-refractivity contribution >= 4 is 64.7 Å². The number of rotatable bonds is 28. The summed E-state index contributed by atoms with van der Waals surface area (Å²) >= 11 is 0. The summed E-state index contributed by atoms with van der Waals surface area (Å²) in [5, 5.41) is 24.2. The van der Waals surface area contributed by atoms with E-state index in [4.69, 9.17) is 19.9 Å². The molecule has 5 aromatic carbocycles. The number of alkyl halides is 3. The second-order valence-corrected chi connectivity index (χ2v) is 28.0. The molecular weight excluding hydrogens is 1390 g/mol. The molecule has 570 valence electrons. The zero-order valence-electron chi connectivity index (χ0n) is 62.0. The normalized spacial score (nSPS) is 15.1. The second kappa shape index (κ2) is 35.0. The van der Waals surface area contributed by atoms with Crippen LogP contribution in [-0.2, 0) is 88.2 Å². The average Bonchev–Trinajstić information content (AvgIpc) is 1.52. The number of fused-ring (bicyclic) bond motifs is 2. The van der Waals surface area contributed by atoms with Crippen molar-refractivity contribution in [3.8, 4) is 28.8 Å². The fourth-order valence-corrected chi connectivity index (χ4v) is 14.1. The van der Waals surface area contributed by atoms with Gasteiger partial charge in [-0.05, 0) is 166 Å². The van der Waals surface area contributed by atoms with E-state index in [0.29, 0.717) is 122 Å². The third kappa shape index (κ3) is 18.9. The number of hydrogen-bond acceptors (Lipinski definition) is 14. The van der Waals surface area contributed by atoms with Gasteiger partial charge >= 0.3 is 24.3 Å². The van der Waals surface area contributed by atoms with Crippen LogP contribution in [0, 0.1) is 31.1 Å². The molecular formula is C80H93F3N13O12+. The van der Waals surface area contributed by atoms with Crippen LogP contribution in [0.2, 0.25) is 0 Å². The standard InChI is InChI=1S/C80H92F3N13O12/c1-10-33-107-79(104)90-72(49(2)3)74(99)89-68(16-13-28-87-78(85)103)73(98)88-60-20-19-57(58(39-60)45-86-7)48-96(30-34-105-35-31-96)32-36-106-63-23-17-53(18-24-63)38-71(97)93-29-27-55-40-66(67(41-59(55)46-93)75(100)94-47-56-15-12-11-14-54(56)37-50(94)4)70-43-65(51(5)92(70)9)76(101)95(69-42-62(44-84)91(8)52(69)6)61-21-25-64(26-22-61)108-77(102)80(81,82)83/h10-12,14-15,17-26,39-43,49-50,68,72,86H,1,13,16,27-38,45-48H2,2-9H3,(H5-,85,87,88,89,90,98,99,103,104)/p+1/t50-,68+,72+/m1/s1. The molecule has 25 nitrogen and oxygen atoms in total. The van der Waals surface area contributed by atoms with E-state index in [1.54, 1.807) is 57.3 Å². The van der Waals surface area contributed by atoms with E-state index in [0.717, 1.165) is 64.2 Å². The van der Waals surface area contributed by atoms with E-state index < -0.39 is 59.8 Å². The molecule has 28 heteroatoms. The molecule has 7 N–H and O–H groups in total. The monoisotopic (exact) mass is 1480 g/mol. The van der Waals surface area contributed by atoms with Crippen LogP contribution in [0.3, 0.4) is 0 Å². The Morgan fingerprint density at radius 1 is 0.824 bits per heavy atom. The lowest BCUT2D eigenvalue weighted by molar-refractivity contribution is -0.947. The summed E-state index contributed by atoms with van der Waals surface area (Å²) in [6.45, 7) is 18.3. The number of anilines is 3. The minimum absolute atomic E-state index is 0.0586. The van der Waals surface area contributed by atoms with Gasteiger partial charge in [-0.1, -0.05) is 69.0 Å². The number of carbonyl (C=O) groups excluding carboxylic acids is 8. The van der Waals surface area contributed by atoms with Gasteiger partial charge in [0.2, 0.25) is 17.7 Å². The van der Waals surface area contributed by atoms with E-state index in [-0.39, 0.29) is 73.3 Å². The van der Waals surface area contributed by atoms with Crippen molar-refractivity contribution < 1.29 is 75.0 Å². The highest BCUT2D eigenvalue weighted by Gasteiger charge is 2.42. The zero-order valence-corrected chi connectivity index (χ0v) is 62.0. The summed E-state index contributed by atoms with van der Waals surface area (Å²) in [6, 6.07) is 32.5. The van der Waals surface area contributed by atoms with Crippen molar-refractivity contribution in [2.75, 3.05) is 76.4 Å². The predicted molar refractivity (Wildman–Crippen MR) is 399 cm³/mol. The van der Waals surface area contributed by atoms with E-state index in [1.807, 2.05) is 96.2 Å². The summed E-state index contributed by atoms with van der Waals surface area (Å²) in [5.74, 6) is -4.53. The number of ether oxygens (including phenoxy) is 4. The summed E-state index contributed by atoms with van der Waals surface area (Å²) in [7, 11) is 5.31. The molecule has 7 aromatic rings. The number of esters is 1. The number of primary amides is 1. The minimum Gasteiger partial charge on any atom is -0.488 e. The number of nitrogens with one attached hydrogen (secondary N) is 5. The molecule has 3 aliphatic heterocycles. The number of quaternary nitrogens is 1. The van der Waals surface area contributed by atoms with Gasteiger partial charge in [-0.15, -0.1) is 0 Å². The highest BCUT2D eigenvalue weighted by molar-refractivity contribution is 6.13. The van der Waals surface area contributed by atoms with Gasteiger partial charge in [0, 0.05) is 98.0 Å². The number of nitrogens with two attached hydrogens (primary N) is 1. The van der Waals surface area contributed by atoms with Crippen LogP contribution in [0.25, 0.3) is 11.3 Å². The number of carbonyl (C=O) groups is 8. The van der Waals surface area contributed by atoms with Gasteiger partial charge in [0.1, 0.15) is 74.7 Å². The molecule has 0 bridgehead atoms. The fourth-order valence-electron chi connectivity index (χ4n) is 14.1. The van der Waals surface area contributed by atoms with Crippen LogP contribution < -0.4 is 46.7 Å². The lowest BCUT2D eigenvalue weighted by Gasteiger charge is -2.41. The van der Waals surface area contributed by atoms with Crippen LogP contribution in [0.15, 0.2) is 128 Å². The Morgan fingerprint density at radius 2 is 1.54 bits per heavy atom. The largest absolute Gasteiger partial charge is 0.491 e. The quantitative estimate of drug-likeness (QED) is 0.00875. The van der Waals surface area contributed by atoms with Gasteiger partial charge in [-0.25, -0.2) is 14.4 Å². The molecule has 0 aliphatic carbocycles. The Kier molecular flexibility index (Phi) is 25.7. The maximum absolute atomic E-state index is 15.5. The molecule has 10 rings (SSSR count). The lowest BCUT2D eigenvalue weighted by Crippen LogP contribution is -2.56. The topological polar surface area (TPSA) is 303 Å². The number of alkyl carbamates (subject to hydrolysis) is 1. The summed E-state index contributed by atoms with van der Waals surface area (Å²) in [5.41, 5.74) is 16.0. The van der Waals surface area contributed by atoms with Crippen molar-refractivity contribution in [2.24, 2.45) is 25.7 Å². The fraction of sp³-hybridized carbons (Fsp3) is 0.388. The SMILES string of the molecule is C=CCOC(=O)N[C@H](C(=O)N[C@@H](CCCNC(N)=O)C(=O)Nc1ccc(C[N+]2(CCOc3ccc(CC(=O)N4CCc5cc(-c6cc(C(=O)N(c7ccc(OC(=O)C(F)(F)F)cc7)c7cc(C#N)n(C)c7C)c(C)n6C)c(C(=O)N6Cc7ccccc7C[C@H]6C)cc5C4)cc3)CCOCC2)c(CNC)c1)C(C)C. The van der Waals surface area contributed by atoms with Crippen LogP contribution in [0.4, 0.5) is 39.8 Å². The van der Waals surface area contributed by atoms with Crippen molar-refractivity contribution in [3.63, 3.8) is 0 Å². The first-order valence-corrected chi connectivity index (χ1v) is 36.0. The van der Waals surface area contributed by atoms with Crippen molar-refractivity contribution in [1.82, 2.24) is 40.2 Å². The number of benzene rings is 5. The van der Waals surface area contributed by atoms with E-state index in [2.05, 4.69) is 50.0 Å². The molecule has 5 heterocycles. The number of aromatic nitrogens is 2. The summed E-state index contributed by atoms with van der Waals surface area (Å²) in [6.07, 6.45) is -3.03. The summed E-state index contributed by atoms with van der Waals surface area (Å²) in [4.78, 5) is 114. The Balaban J connectivity index is 0.831. The molecule has 8 amide bonds. The van der Waals surface area contributed by atoms with Crippen molar-refractivity contribution in [1.29, 1.82) is 5.26 Å². The Hall–Kier alpha value is -11.3. The molecule has 1 fully saturated rings. The average molecular weight is 1490 g/mol. The Labute approximate surface area is 625 Å². The van der Waals surface area contributed by atoms with Gasteiger partial charge in [0.25, 0.3) is 11.8 Å². The van der Waals surface area contributed by atoms with Gasteiger partial charge in [-0.3, -0.25) is 28.9 Å². The molecule has 0 unspecified atom stereocenters. The van der Waals surface area contributed by atoms with E-state index in [1.165, 1.54) is 29.2 Å². The maximum Gasteiger partial charge on any atom is 0.491 e. The minimum atomic E-state index is -5.25. The second-order valence-electron chi connectivity index (χ2n) is 28.0. The first-order chi connectivity index (χ1) is 51.6. The Bertz CT molecular complexity index is 4560. The molecule has 2 aromatic heterocycles. The highest BCUT2D eigenvalue weighted by atomic mass is 19.4. The number of morpholine rings is 1. The molecule has 3 atom stereocenters. The first-order valence-electron chi connectivity index (χ1n) is 36.0. The van der Waals surface area contributed by atoms with Crippen LogP contribution in [0.1, 0.15) is 110 Å². The first kappa shape index (κ1) is 79.3. The van der Waals surface area contributed by atoms with Gasteiger partial charge in [0.05, 0.1) is 30.9 Å². The maximum atomic E-state index is 15.5. The number of amides is 8. The highest BCUT2D eigenvalue weighted by Crippen LogP contribution is 2.39. The zero-order chi connectivity index (χ0) is 77.7. The molecule has 1 saturated heterocycles. The van der Waals surface area contributed by atoms with Crippen molar-refractivity contribution in [2.45, 2.75) is 117 Å². The summed E-state index contributed by atoms with van der Waals surface area (Å²) < 4.78 is 65.7. The third-order valence-electron chi connectivity index (χ3n) is 20.4. The van der Waals surface area contributed by atoms with Gasteiger partial charge < -0.3 is 74.7 Å². The number of hydrogen-bond donors (Lipinski definition) is 6. The number of urea groups is 1. The lowest BCUT2D eigenvalue weighted by atomic mass is 9.89. The molecule has 0 radical (unpaired) electrons. The number of nitrogens with zero attached hydrogens (tertiary/aromatic N) is 7. The van der Waals surface area contributed by atoms with Crippen LogP contribution >= 0.6 is 0 Å². The van der Waals surface area contributed by atoms with Crippen LogP contribution in [-0.4, -0.2) is 162 Å². The van der Waals surface area contributed by atoms with Crippen LogP contribution in [0.5, 0.6) is 11.5 Å². The molecule has 0 saturated carbocycles. The smallest absolute Gasteiger partial charge is 0.488 e. The van der Waals surface area contributed by atoms with Gasteiger partial charge in [0.15, 0.2) is 0 Å². The Morgan fingerprint density at radius 3 is 2.20 bits per heavy atom. The molecule has 108 heavy (non-hydrogen) atoms. The van der Waals surface area contributed by atoms with E-state index >= 15 is 9.59 Å². The number of halogens is 3. The third-order valence-corrected chi connectivity index (χ3v) is 20.4.